The van der Waals surface area contributed by atoms with Gasteiger partial charge in [-0.25, -0.2) is 0 Å². The maximum Gasteiger partial charge on any atom is 0.161 e. The molecule has 1 atom stereocenters. The summed E-state index contributed by atoms with van der Waals surface area (Å²) in [7, 11) is 0. The normalized spacial score (nSPS) is 16.3. The molecule has 0 bridgehead atoms. The van der Waals surface area contributed by atoms with Crippen molar-refractivity contribution in [1.82, 2.24) is 0 Å². The molecular formula is C13H19NO2. The fourth-order valence-corrected chi connectivity index (χ4v) is 1.92. The first-order valence-corrected chi connectivity index (χ1v) is 5.75. The predicted octanol–water partition coefficient (Wildman–Crippen LogP) is 2.42. The number of benzene rings is 1. The van der Waals surface area contributed by atoms with E-state index >= 15 is 0 Å². The van der Waals surface area contributed by atoms with Crippen LogP contribution in [-0.4, -0.2) is 13.2 Å². The Bertz CT molecular complexity index is 388. The van der Waals surface area contributed by atoms with Crippen molar-refractivity contribution in [2.45, 2.75) is 26.8 Å². The summed E-state index contributed by atoms with van der Waals surface area (Å²) in [4.78, 5) is 0. The van der Waals surface area contributed by atoms with E-state index in [1.54, 1.807) is 0 Å². The predicted molar refractivity (Wildman–Crippen MR) is 63.9 cm³/mol. The second-order valence-electron chi connectivity index (χ2n) is 4.62. The first-order chi connectivity index (χ1) is 7.59. The van der Waals surface area contributed by atoms with Crippen molar-refractivity contribution < 1.29 is 9.47 Å². The Morgan fingerprint density at radius 2 is 1.69 bits per heavy atom. The first-order valence-electron chi connectivity index (χ1n) is 5.75. The fourth-order valence-electron chi connectivity index (χ4n) is 1.92. The van der Waals surface area contributed by atoms with Crippen molar-refractivity contribution in [3.05, 3.63) is 23.3 Å². The maximum atomic E-state index is 6.18. The van der Waals surface area contributed by atoms with Crippen molar-refractivity contribution in [3.63, 3.8) is 0 Å². The molecule has 0 radical (unpaired) electrons. The van der Waals surface area contributed by atoms with Gasteiger partial charge < -0.3 is 15.2 Å². The zero-order valence-electron chi connectivity index (χ0n) is 10.1. The summed E-state index contributed by atoms with van der Waals surface area (Å²) in [6.07, 6.45) is 0. The number of ether oxygens (including phenoxy) is 2. The van der Waals surface area contributed by atoms with Gasteiger partial charge in [-0.05, 0) is 36.1 Å². The molecule has 0 saturated carbocycles. The van der Waals surface area contributed by atoms with Gasteiger partial charge in [0.05, 0.1) is 0 Å². The lowest BCUT2D eigenvalue weighted by molar-refractivity contribution is 0.171. The summed E-state index contributed by atoms with van der Waals surface area (Å²) in [6.45, 7) is 7.56. The van der Waals surface area contributed by atoms with Crippen molar-refractivity contribution in [3.8, 4) is 11.5 Å². The van der Waals surface area contributed by atoms with E-state index in [0.29, 0.717) is 19.1 Å². The Balaban J connectivity index is 2.39. The zero-order valence-corrected chi connectivity index (χ0v) is 10.1. The van der Waals surface area contributed by atoms with Gasteiger partial charge in [0.2, 0.25) is 0 Å². The Hall–Kier alpha value is -1.22. The third kappa shape index (κ3) is 2.00. The summed E-state index contributed by atoms with van der Waals surface area (Å²) in [5.74, 6) is 2.08. The molecule has 1 aromatic rings. The number of hydrogen-bond donors (Lipinski definition) is 1. The van der Waals surface area contributed by atoms with E-state index in [-0.39, 0.29) is 6.04 Å². The highest BCUT2D eigenvalue weighted by Crippen LogP contribution is 2.35. The molecule has 0 aromatic heterocycles. The van der Waals surface area contributed by atoms with E-state index in [1.165, 1.54) is 5.56 Å². The summed E-state index contributed by atoms with van der Waals surface area (Å²) >= 11 is 0. The van der Waals surface area contributed by atoms with Crippen LogP contribution in [0.3, 0.4) is 0 Å². The average Bonchev–Trinajstić information content (AvgIpc) is 2.27. The monoisotopic (exact) mass is 221 g/mol. The van der Waals surface area contributed by atoms with Gasteiger partial charge in [-0.15, -0.1) is 0 Å². The molecule has 1 heterocycles. The highest BCUT2D eigenvalue weighted by Gasteiger charge is 2.19. The largest absolute Gasteiger partial charge is 0.486 e. The molecule has 2 rings (SSSR count). The quantitative estimate of drug-likeness (QED) is 0.834. The smallest absolute Gasteiger partial charge is 0.161 e. The highest BCUT2D eigenvalue weighted by atomic mass is 16.6. The van der Waals surface area contributed by atoms with Gasteiger partial charge in [0.15, 0.2) is 11.5 Å². The van der Waals surface area contributed by atoms with Gasteiger partial charge in [0, 0.05) is 6.04 Å². The molecule has 3 heteroatoms. The Labute approximate surface area is 96.5 Å². The molecular weight excluding hydrogens is 202 g/mol. The minimum atomic E-state index is 0.0517. The van der Waals surface area contributed by atoms with Crippen molar-refractivity contribution in [1.29, 1.82) is 0 Å². The van der Waals surface area contributed by atoms with Crippen LogP contribution in [-0.2, 0) is 0 Å². The van der Waals surface area contributed by atoms with Gasteiger partial charge in [0.1, 0.15) is 13.2 Å². The molecule has 0 spiro atoms. The number of aryl methyl sites for hydroxylation is 1. The molecule has 88 valence electrons. The standard InChI is InChI=1S/C13H19NO2/c1-8(2)13(14)10-7-12-11(6-9(10)3)15-4-5-16-12/h6-8,13H,4-5,14H2,1-3H3. The number of rotatable bonds is 2. The van der Waals surface area contributed by atoms with Crippen molar-refractivity contribution in [2.24, 2.45) is 11.7 Å². The average molecular weight is 221 g/mol. The molecule has 0 fully saturated rings. The molecule has 16 heavy (non-hydrogen) atoms. The number of fused-ring (bicyclic) bond motifs is 1. The third-order valence-corrected chi connectivity index (χ3v) is 3.01. The van der Waals surface area contributed by atoms with E-state index in [2.05, 4.69) is 20.8 Å². The summed E-state index contributed by atoms with van der Waals surface area (Å²) in [6, 6.07) is 4.09. The molecule has 0 aliphatic carbocycles. The van der Waals surface area contributed by atoms with Crippen LogP contribution in [0.15, 0.2) is 12.1 Å². The molecule has 3 nitrogen and oxygen atoms in total. The van der Waals surface area contributed by atoms with Gasteiger partial charge in [-0.1, -0.05) is 13.8 Å². The second kappa shape index (κ2) is 4.34. The zero-order chi connectivity index (χ0) is 11.7. The minimum absolute atomic E-state index is 0.0517. The Morgan fingerprint density at radius 1 is 1.12 bits per heavy atom. The lowest BCUT2D eigenvalue weighted by Gasteiger charge is -2.24. The first kappa shape index (κ1) is 11.3. The van der Waals surface area contributed by atoms with Gasteiger partial charge in [-0.3, -0.25) is 0 Å². The molecule has 1 unspecified atom stereocenters. The molecule has 1 aromatic carbocycles. The van der Waals surface area contributed by atoms with Gasteiger partial charge in [0.25, 0.3) is 0 Å². The van der Waals surface area contributed by atoms with E-state index < -0.39 is 0 Å². The third-order valence-electron chi connectivity index (χ3n) is 3.01. The topological polar surface area (TPSA) is 44.5 Å². The van der Waals surface area contributed by atoms with Crippen LogP contribution in [0.25, 0.3) is 0 Å². The number of hydrogen-bond acceptors (Lipinski definition) is 3. The molecule has 1 aliphatic heterocycles. The molecule has 0 saturated heterocycles. The van der Waals surface area contributed by atoms with Crippen LogP contribution in [0.4, 0.5) is 0 Å². The van der Waals surface area contributed by atoms with Gasteiger partial charge in [-0.2, -0.15) is 0 Å². The van der Waals surface area contributed by atoms with Crippen LogP contribution in [0.2, 0.25) is 0 Å². The second-order valence-corrected chi connectivity index (χ2v) is 4.62. The number of nitrogens with two attached hydrogens (primary N) is 1. The highest BCUT2D eigenvalue weighted by molar-refractivity contribution is 5.48. The van der Waals surface area contributed by atoms with E-state index in [4.69, 9.17) is 15.2 Å². The molecule has 1 aliphatic rings. The van der Waals surface area contributed by atoms with Crippen LogP contribution >= 0.6 is 0 Å². The SMILES string of the molecule is Cc1cc2c(cc1C(N)C(C)C)OCCO2. The summed E-state index contributed by atoms with van der Waals surface area (Å²) < 4.78 is 11.1. The lowest BCUT2D eigenvalue weighted by Crippen LogP contribution is -2.20. The van der Waals surface area contributed by atoms with Crippen LogP contribution in [0, 0.1) is 12.8 Å². The van der Waals surface area contributed by atoms with Crippen LogP contribution < -0.4 is 15.2 Å². The van der Waals surface area contributed by atoms with Crippen molar-refractivity contribution in [2.75, 3.05) is 13.2 Å². The molecule has 0 amide bonds. The Kier molecular flexibility index (Phi) is 3.06. The summed E-state index contributed by atoms with van der Waals surface area (Å²) in [5, 5.41) is 0. The van der Waals surface area contributed by atoms with Crippen LogP contribution in [0.5, 0.6) is 11.5 Å². The lowest BCUT2D eigenvalue weighted by atomic mass is 9.93. The molecule has 2 N–H and O–H groups in total. The van der Waals surface area contributed by atoms with Gasteiger partial charge >= 0.3 is 0 Å². The van der Waals surface area contributed by atoms with E-state index in [1.807, 2.05) is 12.1 Å². The maximum absolute atomic E-state index is 6.18. The fraction of sp³-hybridized carbons (Fsp3) is 0.538. The van der Waals surface area contributed by atoms with Crippen molar-refractivity contribution >= 4 is 0 Å². The van der Waals surface area contributed by atoms with E-state index in [0.717, 1.165) is 17.1 Å². The van der Waals surface area contributed by atoms with E-state index in [9.17, 15) is 0 Å². The minimum Gasteiger partial charge on any atom is -0.486 e. The summed E-state index contributed by atoms with van der Waals surface area (Å²) in [5.41, 5.74) is 8.50. The van der Waals surface area contributed by atoms with Crippen LogP contribution in [0.1, 0.15) is 31.0 Å². The Morgan fingerprint density at radius 3 is 2.25 bits per heavy atom.